The standard InChI is InChI=1S/C19H25NO/c1-4-15-9-10-19(21-3)18(11-15)17(13-20)12-16-8-6-5-7-14(16)2/h5-11,17H,4,12-13,20H2,1-3H3. The SMILES string of the molecule is CCc1ccc(OC)c(C(CN)Cc2ccccc2C)c1. The first-order valence-electron chi connectivity index (χ1n) is 7.61. The van der Waals surface area contributed by atoms with E-state index in [9.17, 15) is 0 Å². The Hall–Kier alpha value is -1.80. The second kappa shape index (κ2) is 7.28. The molecule has 0 spiro atoms. The molecule has 0 radical (unpaired) electrons. The van der Waals surface area contributed by atoms with Gasteiger partial charge in [0.25, 0.3) is 0 Å². The maximum atomic E-state index is 6.06. The van der Waals surface area contributed by atoms with Crippen LogP contribution in [-0.4, -0.2) is 13.7 Å². The summed E-state index contributed by atoms with van der Waals surface area (Å²) in [5, 5.41) is 0. The molecule has 2 N–H and O–H groups in total. The van der Waals surface area contributed by atoms with Crippen LogP contribution >= 0.6 is 0 Å². The van der Waals surface area contributed by atoms with Gasteiger partial charge in [-0.15, -0.1) is 0 Å². The minimum Gasteiger partial charge on any atom is -0.496 e. The number of nitrogens with two attached hydrogens (primary N) is 1. The first kappa shape index (κ1) is 15.6. The van der Waals surface area contributed by atoms with Crippen LogP contribution in [0, 0.1) is 6.92 Å². The average Bonchev–Trinajstić information content (AvgIpc) is 2.53. The molecule has 0 saturated carbocycles. The van der Waals surface area contributed by atoms with E-state index in [2.05, 4.69) is 56.3 Å². The molecule has 2 heteroatoms. The van der Waals surface area contributed by atoms with Crippen LogP contribution in [0.4, 0.5) is 0 Å². The highest BCUT2D eigenvalue weighted by Crippen LogP contribution is 2.30. The Kier molecular flexibility index (Phi) is 5.40. The van der Waals surface area contributed by atoms with Crippen LogP contribution in [0.25, 0.3) is 0 Å². The van der Waals surface area contributed by atoms with Gasteiger partial charge in [-0.3, -0.25) is 0 Å². The van der Waals surface area contributed by atoms with E-state index >= 15 is 0 Å². The topological polar surface area (TPSA) is 35.2 Å². The van der Waals surface area contributed by atoms with Crippen molar-refractivity contribution in [2.75, 3.05) is 13.7 Å². The van der Waals surface area contributed by atoms with Crippen LogP contribution in [0.2, 0.25) is 0 Å². The van der Waals surface area contributed by atoms with Crippen molar-refractivity contribution in [2.45, 2.75) is 32.6 Å². The normalized spacial score (nSPS) is 12.2. The van der Waals surface area contributed by atoms with Crippen molar-refractivity contribution < 1.29 is 4.74 Å². The van der Waals surface area contributed by atoms with Crippen molar-refractivity contribution in [1.82, 2.24) is 0 Å². The summed E-state index contributed by atoms with van der Waals surface area (Å²) >= 11 is 0. The molecule has 2 nitrogen and oxygen atoms in total. The smallest absolute Gasteiger partial charge is 0.122 e. The van der Waals surface area contributed by atoms with Gasteiger partial charge in [-0.05, 0) is 54.6 Å². The Morgan fingerprint density at radius 1 is 1.14 bits per heavy atom. The summed E-state index contributed by atoms with van der Waals surface area (Å²) in [7, 11) is 1.73. The van der Waals surface area contributed by atoms with E-state index in [-0.39, 0.29) is 5.92 Å². The van der Waals surface area contributed by atoms with Crippen LogP contribution in [0.1, 0.15) is 35.1 Å². The fourth-order valence-corrected chi connectivity index (χ4v) is 2.75. The molecular formula is C19H25NO. The lowest BCUT2D eigenvalue weighted by Crippen LogP contribution is -2.16. The first-order chi connectivity index (χ1) is 10.2. The van der Waals surface area contributed by atoms with Gasteiger partial charge in [-0.1, -0.05) is 43.3 Å². The third-order valence-corrected chi connectivity index (χ3v) is 4.15. The third kappa shape index (κ3) is 3.64. The number of ether oxygens (including phenoxy) is 1. The van der Waals surface area contributed by atoms with Crippen LogP contribution < -0.4 is 10.5 Å². The van der Waals surface area contributed by atoms with E-state index < -0.39 is 0 Å². The third-order valence-electron chi connectivity index (χ3n) is 4.15. The lowest BCUT2D eigenvalue weighted by molar-refractivity contribution is 0.405. The van der Waals surface area contributed by atoms with E-state index in [4.69, 9.17) is 10.5 Å². The van der Waals surface area contributed by atoms with Gasteiger partial charge in [0.1, 0.15) is 5.75 Å². The molecule has 2 rings (SSSR count). The van der Waals surface area contributed by atoms with Crippen molar-refractivity contribution in [3.8, 4) is 5.75 Å². The summed E-state index contributed by atoms with van der Waals surface area (Å²) in [4.78, 5) is 0. The van der Waals surface area contributed by atoms with E-state index in [1.54, 1.807) is 7.11 Å². The summed E-state index contributed by atoms with van der Waals surface area (Å²) in [5.74, 6) is 1.23. The fraction of sp³-hybridized carbons (Fsp3) is 0.368. The van der Waals surface area contributed by atoms with Crippen LogP contribution in [0.15, 0.2) is 42.5 Å². The Morgan fingerprint density at radius 3 is 2.52 bits per heavy atom. The van der Waals surface area contributed by atoms with Gasteiger partial charge in [0.05, 0.1) is 7.11 Å². The number of methoxy groups -OCH3 is 1. The molecule has 0 fully saturated rings. The van der Waals surface area contributed by atoms with Gasteiger partial charge in [0, 0.05) is 5.92 Å². The molecule has 0 amide bonds. The maximum absolute atomic E-state index is 6.06. The van der Waals surface area contributed by atoms with Gasteiger partial charge >= 0.3 is 0 Å². The lowest BCUT2D eigenvalue weighted by Gasteiger charge is -2.20. The molecule has 0 saturated heterocycles. The zero-order chi connectivity index (χ0) is 15.2. The Morgan fingerprint density at radius 2 is 1.90 bits per heavy atom. The van der Waals surface area contributed by atoms with Crippen molar-refractivity contribution in [3.63, 3.8) is 0 Å². The number of hydrogen-bond acceptors (Lipinski definition) is 2. The van der Waals surface area contributed by atoms with Crippen LogP contribution in [0.3, 0.4) is 0 Å². The highest BCUT2D eigenvalue weighted by atomic mass is 16.5. The van der Waals surface area contributed by atoms with Crippen molar-refractivity contribution in [1.29, 1.82) is 0 Å². The molecule has 0 bridgehead atoms. The van der Waals surface area contributed by atoms with Crippen molar-refractivity contribution in [2.24, 2.45) is 5.73 Å². The Bertz CT molecular complexity index is 592. The zero-order valence-electron chi connectivity index (χ0n) is 13.2. The van der Waals surface area contributed by atoms with Crippen molar-refractivity contribution >= 4 is 0 Å². The summed E-state index contributed by atoms with van der Waals surface area (Å²) in [6.07, 6.45) is 1.98. The summed E-state index contributed by atoms with van der Waals surface area (Å²) in [6.45, 7) is 4.95. The zero-order valence-corrected chi connectivity index (χ0v) is 13.2. The number of benzene rings is 2. The molecule has 112 valence electrons. The van der Waals surface area contributed by atoms with Gasteiger partial charge in [0.2, 0.25) is 0 Å². The predicted molar refractivity (Wildman–Crippen MR) is 89.1 cm³/mol. The van der Waals surface area contributed by atoms with Gasteiger partial charge in [0.15, 0.2) is 0 Å². The van der Waals surface area contributed by atoms with Gasteiger partial charge in [-0.25, -0.2) is 0 Å². The predicted octanol–water partition coefficient (Wildman–Crippen LogP) is 3.85. The summed E-state index contributed by atoms with van der Waals surface area (Å²) in [5.41, 5.74) is 11.3. The molecule has 21 heavy (non-hydrogen) atoms. The first-order valence-corrected chi connectivity index (χ1v) is 7.61. The molecule has 0 aliphatic rings. The molecule has 2 aromatic rings. The molecule has 0 aromatic heterocycles. The highest BCUT2D eigenvalue weighted by Gasteiger charge is 2.16. The minimum atomic E-state index is 0.285. The van der Waals surface area contributed by atoms with Gasteiger partial charge < -0.3 is 10.5 Å². The van der Waals surface area contributed by atoms with E-state index in [0.717, 1.165) is 18.6 Å². The fourth-order valence-electron chi connectivity index (χ4n) is 2.75. The number of aryl methyl sites for hydroxylation is 2. The second-order valence-corrected chi connectivity index (χ2v) is 5.49. The Balaban J connectivity index is 2.34. The Labute approximate surface area is 127 Å². The quantitative estimate of drug-likeness (QED) is 0.874. The summed E-state index contributed by atoms with van der Waals surface area (Å²) < 4.78 is 5.54. The van der Waals surface area contributed by atoms with E-state index in [1.807, 2.05) is 0 Å². The summed E-state index contributed by atoms with van der Waals surface area (Å²) in [6, 6.07) is 15.0. The molecule has 1 unspecified atom stereocenters. The minimum absolute atomic E-state index is 0.285. The number of rotatable bonds is 6. The monoisotopic (exact) mass is 283 g/mol. The van der Waals surface area contributed by atoms with E-state index in [1.165, 1.54) is 22.3 Å². The van der Waals surface area contributed by atoms with Gasteiger partial charge in [-0.2, -0.15) is 0 Å². The molecular weight excluding hydrogens is 258 g/mol. The molecule has 0 aliphatic carbocycles. The van der Waals surface area contributed by atoms with E-state index in [0.29, 0.717) is 6.54 Å². The van der Waals surface area contributed by atoms with Crippen LogP contribution in [0.5, 0.6) is 5.75 Å². The lowest BCUT2D eigenvalue weighted by atomic mass is 9.88. The second-order valence-electron chi connectivity index (χ2n) is 5.49. The number of hydrogen-bond donors (Lipinski definition) is 1. The molecule has 0 heterocycles. The maximum Gasteiger partial charge on any atom is 0.122 e. The molecule has 2 aromatic carbocycles. The largest absolute Gasteiger partial charge is 0.496 e. The molecule has 1 atom stereocenters. The molecule has 0 aliphatic heterocycles. The van der Waals surface area contributed by atoms with Crippen LogP contribution in [-0.2, 0) is 12.8 Å². The highest BCUT2D eigenvalue weighted by molar-refractivity contribution is 5.41. The van der Waals surface area contributed by atoms with Crippen molar-refractivity contribution in [3.05, 3.63) is 64.7 Å². The average molecular weight is 283 g/mol.